The van der Waals surface area contributed by atoms with Gasteiger partial charge in [-0.25, -0.2) is 0 Å². The molecule has 3 rings (SSSR count). The Hall–Kier alpha value is -1.45. The first-order chi connectivity index (χ1) is 10.4. The zero-order chi connectivity index (χ0) is 15.8. The van der Waals surface area contributed by atoms with Gasteiger partial charge < -0.3 is 4.90 Å². The molecule has 1 aromatic carbocycles. The summed E-state index contributed by atoms with van der Waals surface area (Å²) in [6, 6.07) is 6.89. The third-order valence-corrected chi connectivity index (χ3v) is 5.16. The maximum Gasteiger partial charge on any atom is 0.393 e. The van der Waals surface area contributed by atoms with E-state index in [4.69, 9.17) is 0 Å². The van der Waals surface area contributed by atoms with Crippen molar-refractivity contribution in [3.63, 3.8) is 0 Å². The Kier molecular flexibility index (Phi) is 3.96. The highest BCUT2D eigenvalue weighted by Crippen LogP contribution is 2.46. The fraction of sp³-hybridized carbons (Fsp3) is 0.556. The minimum Gasteiger partial charge on any atom is -0.371 e. The molecule has 0 aromatic heterocycles. The van der Waals surface area contributed by atoms with E-state index in [1.807, 2.05) is 12.1 Å². The molecule has 120 valence electrons. The minimum absolute atomic E-state index is 0.333. The molecule has 0 N–H and O–H groups in total. The van der Waals surface area contributed by atoms with E-state index in [-0.39, 0.29) is 0 Å². The second-order valence-corrected chi connectivity index (χ2v) is 6.88. The van der Waals surface area contributed by atoms with Crippen LogP contribution in [0.15, 0.2) is 36.4 Å². The van der Waals surface area contributed by atoms with Crippen LogP contribution in [-0.2, 0) is 6.42 Å². The molecule has 0 atom stereocenters. The average Bonchev–Trinajstić information content (AvgIpc) is 2.86. The van der Waals surface area contributed by atoms with Crippen molar-refractivity contribution in [3.05, 3.63) is 42.0 Å². The Balaban J connectivity index is 1.64. The number of hydrogen-bond acceptors (Lipinski definition) is 1. The van der Waals surface area contributed by atoms with Crippen LogP contribution in [0, 0.1) is 5.41 Å². The minimum atomic E-state index is -4.14. The van der Waals surface area contributed by atoms with E-state index in [0.717, 1.165) is 31.6 Å². The number of benzene rings is 1. The van der Waals surface area contributed by atoms with Gasteiger partial charge in [-0.2, -0.15) is 13.2 Å². The molecule has 1 aliphatic carbocycles. The maximum absolute atomic E-state index is 12.4. The third-order valence-electron chi connectivity index (χ3n) is 5.16. The van der Waals surface area contributed by atoms with Crippen molar-refractivity contribution in [1.82, 2.24) is 0 Å². The van der Waals surface area contributed by atoms with Crippen LogP contribution in [0.5, 0.6) is 0 Å². The molecular weight excluding hydrogens is 287 g/mol. The van der Waals surface area contributed by atoms with Gasteiger partial charge in [0.25, 0.3) is 0 Å². The summed E-state index contributed by atoms with van der Waals surface area (Å²) in [5, 5.41) is 0. The van der Waals surface area contributed by atoms with E-state index in [0.29, 0.717) is 11.0 Å². The van der Waals surface area contributed by atoms with E-state index in [1.54, 1.807) is 12.1 Å². The van der Waals surface area contributed by atoms with Crippen molar-refractivity contribution in [3.8, 4) is 0 Å². The van der Waals surface area contributed by atoms with Crippen molar-refractivity contribution in [2.45, 2.75) is 44.7 Å². The summed E-state index contributed by atoms with van der Waals surface area (Å²) in [5.41, 5.74) is 3.14. The molecule has 0 bridgehead atoms. The van der Waals surface area contributed by atoms with Gasteiger partial charge in [0.2, 0.25) is 0 Å². The lowest BCUT2D eigenvalue weighted by Crippen LogP contribution is -2.29. The van der Waals surface area contributed by atoms with Gasteiger partial charge in [0.15, 0.2) is 0 Å². The smallest absolute Gasteiger partial charge is 0.371 e. The van der Waals surface area contributed by atoms with E-state index in [9.17, 15) is 13.2 Å². The third kappa shape index (κ3) is 3.47. The number of rotatable bonds is 2. The van der Waals surface area contributed by atoms with Crippen LogP contribution >= 0.6 is 0 Å². The number of nitrogens with zero attached hydrogens (tertiary/aromatic N) is 1. The highest BCUT2D eigenvalue weighted by atomic mass is 19.4. The molecule has 1 saturated carbocycles. The number of anilines is 1. The van der Waals surface area contributed by atoms with Crippen LogP contribution in [0.25, 0.3) is 0 Å². The van der Waals surface area contributed by atoms with Crippen molar-refractivity contribution in [1.29, 1.82) is 0 Å². The summed E-state index contributed by atoms with van der Waals surface area (Å²) in [5.74, 6) is 0. The largest absolute Gasteiger partial charge is 0.393 e. The SMILES string of the molecule is C=C1CCC2(CC1)CCN(c1ccc(CC(F)(F)F)cc1)C2. The molecular formula is C18H22F3N. The zero-order valence-corrected chi connectivity index (χ0v) is 12.8. The predicted molar refractivity (Wildman–Crippen MR) is 83.1 cm³/mol. The van der Waals surface area contributed by atoms with Crippen LogP contribution in [0.1, 0.15) is 37.7 Å². The molecule has 1 aromatic rings. The van der Waals surface area contributed by atoms with E-state index in [1.165, 1.54) is 24.8 Å². The molecule has 1 nitrogen and oxygen atoms in total. The van der Waals surface area contributed by atoms with Gasteiger partial charge in [0, 0.05) is 18.8 Å². The van der Waals surface area contributed by atoms with E-state index < -0.39 is 12.6 Å². The van der Waals surface area contributed by atoms with Gasteiger partial charge >= 0.3 is 6.18 Å². The van der Waals surface area contributed by atoms with E-state index in [2.05, 4.69) is 11.5 Å². The molecule has 22 heavy (non-hydrogen) atoms. The van der Waals surface area contributed by atoms with Crippen LogP contribution in [0.2, 0.25) is 0 Å². The fourth-order valence-corrected chi connectivity index (χ4v) is 3.75. The molecule has 4 heteroatoms. The molecule has 2 aliphatic rings. The van der Waals surface area contributed by atoms with Crippen molar-refractivity contribution < 1.29 is 13.2 Å². The quantitative estimate of drug-likeness (QED) is 0.686. The monoisotopic (exact) mass is 309 g/mol. The highest BCUT2D eigenvalue weighted by Gasteiger charge is 2.39. The summed E-state index contributed by atoms with van der Waals surface area (Å²) in [6.07, 6.45) is 0.854. The maximum atomic E-state index is 12.4. The Morgan fingerprint density at radius 1 is 1.05 bits per heavy atom. The lowest BCUT2D eigenvalue weighted by Gasteiger charge is -2.34. The molecule has 0 unspecified atom stereocenters. The lowest BCUT2D eigenvalue weighted by molar-refractivity contribution is -0.127. The summed E-state index contributed by atoms with van der Waals surface area (Å²) >= 11 is 0. The van der Waals surface area contributed by atoms with Gasteiger partial charge in [-0.05, 0) is 55.2 Å². The topological polar surface area (TPSA) is 3.24 Å². The molecule has 1 spiro atoms. The van der Waals surface area contributed by atoms with Crippen LogP contribution < -0.4 is 4.90 Å². The molecule has 1 aliphatic heterocycles. The van der Waals surface area contributed by atoms with Crippen molar-refractivity contribution in [2.75, 3.05) is 18.0 Å². The summed E-state index contributed by atoms with van der Waals surface area (Å²) in [6.45, 7) is 6.11. The van der Waals surface area contributed by atoms with Crippen molar-refractivity contribution >= 4 is 5.69 Å². The van der Waals surface area contributed by atoms with Crippen LogP contribution in [0.4, 0.5) is 18.9 Å². The second kappa shape index (κ2) is 5.64. The van der Waals surface area contributed by atoms with Gasteiger partial charge in [0.05, 0.1) is 6.42 Å². The van der Waals surface area contributed by atoms with E-state index >= 15 is 0 Å². The fourth-order valence-electron chi connectivity index (χ4n) is 3.75. The lowest BCUT2D eigenvalue weighted by atomic mass is 9.72. The number of halogens is 3. The Bertz CT molecular complexity index is 534. The summed E-state index contributed by atoms with van der Waals surface area (Å²) in [7, 11) is 0. The van der Waals surface area contributed by atoms with Crippen LogP contribution in [0.3, 0.4) is 0 Å². The highest BCUT2D eigenvalue weighted by molar-refractivity contribution is 5.49. The van der Waals surface area contributed by atoms with Gasteiger partial charge in [-0.3, -0.25) is 0 Å². The summed E-state index contributed by atoms with van der Waals surface area (Å²) < 4.78 is 37.2. The molecule has 0 radical (unpaired) electrons. The van der Waals surface area contributed by atoms with Crippen molar-refractivity contribution in [2.24, 2.45) is 5.41 Å². The predicted octanol–water partition coefficient (Wildman–Crippen LogP) is 5.12. The Morgan fingerprint density at radius 3 is 2.27 bits per heavy atom. The van der Waals surface area contributed by atoms with Gasteiger partial charge in [-0.15, -0.1) is 0 Å². The molecule has 2 fully saturated rings. The second-order valence-electron chi connectivity index (χ2n) is 6.88. The number of alkyl halides is 3. The first kappa shape index (κ1) is 15.4. The molecule has 0 amide bonds. The van der Waals surface area contributed by atoms with Gasteiger partial charge in [-0.1, -0.05) is 24.3 Å². The normalized spacial score (nSPS) is 21.6. The number of hydrogen-bond donors (Lipinski definition) is 0. The average molecular weight is 309 g/mol. The standard InChI is InChI=1S/C18H22F3N/c1-14-6-8-17(9-7-14)10-11-22(13-17)16-4-2-15(3-5-16)12-18(19,20)21/h2-5H,1,6-13H2. The first-order valence-corrected chi connectivity index (χ1v) is 7.93. The Labute approximate surface area is 129 Å². The molecule has 1 saturated heterocycles. The van der Waals surface area contributed by atoms with Gasteiger partial charge in [0.1, 0.15) is 0 Å². The first-order valence-electron chi connectivity index (χ1n) is 7.93. The molecule has 1 heterocycles. The number of allylic oxidation sites excluding steroid dienone is 1. The van der Waals surface area contributed by atoms with Crippen LogP contribution in [-0.4, -0.2) is 19.3 Å². The zero-order valence-electron chi connectivity index (χ0n) is 12.8. The Morgan fingerprint density at radius 2 is 1.68 bits per heavy atom. The summed E-state index contributed by atoms with van der Waals surface area (Å²) in [4.78, 5) is 2.32.